The van der Waals surface area contributed by atoms with E-state index in [0.29, 0.717) is 19.4 Å². The van der Waals surface area contributed by atoms with Crippen LogP contribution in [0.4, 0.5) is 4.39 Å². The third-order valence-corrected chi connectivity index (χ3v) is 5.49. The molecule has 1 fully saturated rings. The highest BCUT2D eigenvalue weighted by molar-refractivity contribution is 7.91. The van der Waals surface area contributed by atoms with Gasteiger partial charge in [-0.15, -0.1) is 0 Å². The van der Waals surface area contributed by atoms with Gasteiger partial charge in [0, 0.05) is 12.7 Å². The molecule has 122 valence electrons. The first-order valence-electron chi connectivity index (χ1n) is 7.10. The molecule has 1 atom stereocenters. The highest BCUT2D eigenvalue weighted by Crippen LogP contribution is 2.25. The van der Waals surface area contributed by atoms with Gasteiger partial charge in [-0.2, -0.15) is 0 Å². The Bertz CT molecular complexity index is 739. The number of piperidine rings is 1. The van der Waals surface area contributed by atoms with Crippen LogP contribution < -0.4 is 5.56 Å². The van der Waals surface area contributed by atoms with E-state index in [2.05, 4.69) is 4.98 Å². The summed E-state index contributed by atoms with van der Waals surface area (Å²) < 4.78 is 37.8. The van der Waals surface area contributed by atoms with Crippen LogP contribution in [-0.2, 0) is 9.84 Å². The first-order chi connectivity index (χ1) is 10.2. The highest BCUT2D eigenvalue weighted by Gasteiger charge is 2.34. The van der Waals surface area contributed by atoms with Gasteiger partial charge in [0.05, 0.1) is 17.2 Å². The predicted octanol–water partition coefficient (Wildman–Crippen LogP) is 1.13. The largest absolute Gasteiger partial charge is 0.335 e. The molecule has 0 radical (unpaired) electrons. The number of halogens is 1. The van der Waals surface area contributed by atoms with Crippen molar-refractivity contribution in [1.82, 2.24) is 9.88 Å². The molecular formula is C14H19FN2O4S. The SMILES string of the molecule is CCS(=O)(=O)c1c[nH]c(=O)c(C(=O)N2CCCC(C)(F)C2)c1. The number of rotatable bonds is 3. The van der Waals surface area contributed by atoms with Crippen LogP contribution in [0, 0.1) is 0 Å². The smallest absolute Gasteiger partial charge is 0.260 e. The van der Waals surface area contributed by atoms with Crippen molar-refractivity contribution in [3.8, 4) is 0 Å². The predicted molar refractivity (Wildman–Crippen MR) is 79.4 cm³/mol. The molecule has 1 amide bonds. The lowest BCUT2D eigenvalue weighted by atomic mass is 9.96. The summed E-state index contributed by atoms with van der Waals surface area (Å²) in [5.41, 5.74) is -2.44. The van der Waals surface area contributed by atoms with Crippen LogP contribution in [0.15, 0.2) is 22.0 Å². The van der Waals surface area contributed by atoms with Gasteiger partial charge in [0.2, 0.25) is 0 Å². The third-order valence-electron chi connectivity index (χ3n) is 3.78. The van der Waals surface area contributed by atoms with Gasteiger partial charge in [0.15, 0.2) is 9.84 Å². The summed E-state index contributed by atoms with van der Waals surface area (Å²) >= 11 is 0. The Morgan fingerprint density at radius 2 is 2.18 bits per heavy atom. The number of nitrogens with one attached hydrogen (secondary N) is 1. The van der Waals surface area contributed by atoms with Gasteiger partial charge in [0.1, 0.15) is 11.2 Å². The van der Waals surface area contributed by atoms with Crippen molar-refractivity contribution in [2.45, 2.75) is 37.3 Å². The fourth-order valence-corrected chi connectivity index (χ4v) is 3.38. The Labute approximate surface area is 128 Å². The zero-order valence-electron chi connectivity index (χ0n) is 12.6. The molecular weight excluding hydrogens is 311 g/mol. The number of pyridine rings is 1. The summed E-state index contributed by atoms with van der Waals surface area (Å²) in [6.07, 6.45) is 1.94. The molecule has 2 heterocycles. The van der Waals surface area contributed by atoms with Gasteiger partial charge in [-0.25, -0.2) is 12.8 Å². The van der Waals surface area contributed by atoms with E-state index in [0.717, 1.165) is 12.3 Å². The lowest BCUT2D eigenvalue weighted by Gasteiger charge is -2.35. The number of carbonyl (C=O) groups is 1. The number of sulfone groups is 1. The molecule has 1 aliphatic rings. The van der Waals surface area contributed by atoms with Gasteiger partial charge < -0.3 is 9.88 Å². The fourth-order valence-electron chi connectivity index (χ4n) is 2.51. The first-order valence-corrected chi connectivity index (χ1v) is 8.75. The molecule has 8 heteroatoms. The molecule has 1 saturated heterocycles. The summed E-state index contributed by atoms with van der Waals surface area (Å²) in [6.45, 7) is 3.13. The van der Waals surface area contributed by atoms with Crippen molar-refractivity contribution in [3.63, 3.8) is 0 Å². The topological polar surface area (TPSA) is 87.3 Å². The Morgan fingerprint density at radius 3 is 2.77 bits per heavy atom. The van der Waals surface area contributed by atoms with Gasteiger partial charge >= 0.3 is 0 Å². The standard InChI is InChI=1S/C14H19FN2O4S/c1-3-22(20,21)10-7-11(12(18)16-8-10)13(19)17-6-4-5-14(2,15)9-17/h7-8H,3-6,9H2,1-2H3,(H,16,18). The third kappa shape index (κ3) is 3.37. The number of carbonyl (C=O) groups excluding carboxylic acids is 1. The molecule has 0 spiro atoms. The number of alkyl halides is 1. The second-order valence-corrected chi connectivity index (χ2v) is 8.00. The Morgan fingerprint density at radius 1 is 1.50 bits per heavy atom. The number of nitrogens with zero attached hydrogens (tertiary/aromatic N) is 1. The molecule has 1 aliphatic heterocycles. The van der Waals surface area contributed by atoms with E-state index in [-0.39, 0.29) is 22.8 Å². The fraction of sp³-hybridized carbons (Fsp3) is 0.571. The molecule has 22 heavy (non-hydrogen) atoms. The minimum Gasteiger partial charge on any atom is -0.335 e. The maximum absolute atomic E-state index is 14.0. The zero-order chi connectivity index (χ0) is 16.5. The zero-order valence-corrected chi connectivity index (χ0v) is 13.4. The molecule has 1 N–H and O–H groups in total. The quantitative estimate of drug-likeness (QED) is 0.900. The minimum atomic E-state index is -3.54. The normalized spacial score (nSPS) is 22.6. The molecule has 0 aromatic carbocycles. The summed E-state index contributed by atoms with van der Waals surface area (Å²) in [4.78, 5) is 27.7. The number of amides is 1. The number of likely N-dealkylation sites (tertiary alicyclic amines) is 1. The monoisotopic (exact) mass is 330 g/mol. The van der Waals surface area contributed by atoms with E-state index < -0.39 is 27.0 Å². The molecule has 1 aromatic rings. The molecule has 2 rings (SSSR count). The molecule has 0 saturated carbocycles. The van der Waals surface area contributed by atoms with Crippen LogP contribution in [-0.4, -0.2) is 48.7 Å². The minimum absolute atomic E-state index is 0.101. The van der Waals surface area contributed by atoms with Gasteiger partial charge in [-0.3, -0.25) is 9.59 Å². The summed E-state index contributed by atoms with van der Waals surface area (Å²) in [5, 5.41) is 0. The van der Waals surface area contributed by atoms with Gasteiger partial charge in [-0.05, 0) is 25.8 Å². The van der Waals surface area contributed by atoms with E-state index in [9.17, 15) is 22.4 Å². The van der Waals surface area contributed by atoms with Crippen molar-refractivity contribution >= 4 is 15.7 Å². The maximum atomic E-state index is 14.0. The second-order valence-electron chi connectivity index (χ2n) is 5.73. The summed E-state index contributed by atoms with van der Waals surface area (Å²) in [7, 11) is -3.54. The lowest BCUT2D eigenvalue weighted by molar-refractivity contribution is 0.0415. The Balaban J connectivity index is 2.38. The van der Waals surface area contributed by atoms with Crippen molar-refractivity contribution in [2.75, 3.05) is 18.8 Å². The van der Waals surface area contributed by atoms with Crippen LogP contribution in [0.1, 0.15) is 37.0 Å². The second kappa shape index (κ2) is 5.83. The number of aromatic amines is 1. The molecule has 6 nitrogen and oxygen atoms in total. The average Bonchev–Trinajstić information content (AvgIpc) is 2.45. The van der Waals surface area contributed by atoms with Crippen LogP contribution in [0.25, 0.3) is 0 Å². The number of hydrogen-bond acceptors (Lipinski definition) is 4. The van der Waals surface area contributed by atoms with E-state index in [1.165, 1.54) is 18.7 Å². The van der Waals surface area contributed by atoms with E-state index in [1.807, 2.05) is 0 Å². The number of hydrogen-bond donors (Lipinski definition) is 1. The van der Waals surface area contributed by atoms with Gasteiger partial charge in [-0.1, -0.05) is 6.92 Å². The molecule has 1 unspecified atom stereocenters. The van der Waals surface area contributed by atoms with Crippen LogP contribution in [0.5, 0.6) is 0 Å². The van der Waals surface area contributed by atoms with Crippen LogP contribution in [0.2, 0.25) is 0 Å². The number of aromatic nitrogens is 1. The molecule has 0 aliphatic carbocycles. The number of H-pyrrole nitrogens is 1. The van der Waals surface area contributed by atoms with E-state index in [1.54, 1.807) is 0 Å². The van der Waals surface area contributed by atoms with Crippen molar-refractivity contribution in [3.05, 3.63) is 28.2 Å². The van der Waals surface area contributed by atoms with Crippen molar-refractivity contribution in [1.29, 1.82) is 0 Å². The van der Waals surface area contributed by atoms with Crippen molar-refractivity contribution < 1.29 is 17.6 Å². The lowest BCUT2D eigenvalue weighted by Crippen LogP contribution is -2.47. The summed E-state index contributed by atoms with van der Waals surface area (Å²) in [5.74, 6) is -0.781. The van der Waals surface area contributed by atoms with E-state index >= 15 is 0 Å². The molecule has 0 bridgehead atoms. The van der Waals surface area contributed by atoms with Crippen LogP contribution in [0.3, 0.4) is 0 Å². The van der Waals surface area contributed by atoms with Crippen LogP contribution >= 0.6 is 0 Å². The van der Waals surface area contributed by atoms with Gasteiger partial charge in [0.25, 0.3) is 11.5 Å². The highest BCUT2D eigenvalue weighted by atomic mass is 32.2. The average molecular weight is 330 g/mol. The maximum Gasteiger partial charge on any atom is 0.260 e. The Kier molecular flexibility index (Phi) is 4.42. The first kappa shape index (κ1) is 16.7. The molecule has 1 aromatic heterocycles. The van der Waals surface area contributed by atoms with E-state index in [4.69, 9.17) is 0 Å². The summed E-state index contributed by atoms with van der Waals surface area (Å²) in [6, 6.07) is 1.07. The van der Waals surface area contributed by atoms with Crippen molar-refractivity contribution in [2.24, 2.45) is 0 Å². The Hall–Kier alpha value is -1.70.